The van der Waals surface area contributed by atoms with Crippen LogP contribution in [0, 0.1) is 0 Å². The van der Waals surface area contributed by atoms with Crippen LogP contribution in [0.4, 0.5) is 0 Å². The second-order valence-electron chi connectivity index (χ2n) is 2.96. The Morgan fingerprint density at radius 2 is 2.31 bits per heavy atom. The molecule has 13 heavy (non-hydrogen) atoms. The Balaban J connectivity index is 2.37. The summed E-state index contributed by atoms with van der Waals surface area (Å²) in [6.07, 6.45) is 5.11. The number of aromatic nitrogens is 1. The number of pyridine rings is 1. The second kappa shape index (κ2) is 2.72. The number of nitrogens with two attached hydrogens (primary N) is 2. The van der Waals surface area contributed by atoms with E-state index in [1.807, 2.05) is 12.1 Å². The summed E-state index contributed by atoms with van der Waals surface area (Å²) in [4.78, 5) is 3.98. The van der Waals surface area contributed by atoms with Crippen LogP contribution < -0.4 is 22.3 Å². The molecule has 5 heteroatoms. The molecule has 0 spiro atoms. The molecule has 0 saturated carbocycles. The van der Waals surface area contributed by atoms with Crippen LogP contribution >= 0.6 is 0 Å². The predicted octanol–water partition coefficient (Wildman–Crippen LogP) is -0.899. The van der Waals surface area contributed by atoms with Crippen LogP contribution in [0.3, 0.4) is 0 Å². The maximum Gasteiger partial charge on any atom is 0.134 e. The van der Waals surface area contributed by atoms with Crippen LogP contribution in [-0.4, -0.2) is 4.98 Å². The van der Waals surface area contributed by atoms with Crippen LogP contribution in [0.2, 0.25) is 0 Å². The Hall–Kier alpha value is -1.59. The number of hydrogen-bond acceptors (Lipinski definition) is 5. The van der Waals surface area contributed by atoms with E-state index in [9.17, 15) is 0 Å². The highest BCUT2D eigenvalue weighted by atomic mass is 15.5. The first kappa shape index (κ1) is 8.03. The minimum Gasteiger partial charge on any atom is -0.385 e. The van der Waals surface area contributed by atoms with Crippen LogP contribution in [0.1, 0.15) is 5.56 Å². The van der Waals surface area contributed by atoms with Gasteiger partial charge >= 0.3 is 0 Å². The number of nitrogens with zero attached hydrogens (tertiary/aromatic N) is 1. The summed E-state index contributed by atoms with van der Waals surface area (Å²) < 4.78 is 0. The minimum absolute atomic E-state index is 0.520. The topological polar surface area (TPSA) is 89.0 Å². The third-order valence-corrected chi connectivity index (χ3v) is 1.94. The molecule has 2 heterocycles. The van der Waals surface area contributed by atoms with Crippen molar-refractivity contribution in [2.75, 3.05) is 0 Å². The summed E-state index contributed by atoms with van der Waals surface area (Å²) in [6, 6.07) is 3.71. The van der Waals surface area contributed by atoms with Gasteiger partial charge in [0.2, 0.25) is 0 Å². The van der Waals surface area contributed by atoms with Gasteiger partial charge in [-0.1, -0.05) is 6.07 Å². The summed E-state index contributed by atoms with van der Waals surface area (Å²) in [7, 11) is 0. The third kappa shape index (κ3) is 1.34. The van der Waals surface area contributed by atoms with Gasteiger partial charge in [0, 0.05) is 18.0 Å². The van der Waals surface area contributed by atoms with Crippen molar-refractivity contribution in [2.45, 2.75) is 5.66 Å². The lowest BCUT2D eigenvalue weighted by atomic mass is 10.0. The molecule has 1 aromatic heterocycles. The van der Waals surface area contributed by atoms with Crippen molar-refractivity contribution in [1.82, 2.24) is 15.8 Å². The van der Waals surface area contributed by atoms with E-state index >= 15 is 0 Å². The molecule has 0 saturated heterocycles. The van der Waals surface area contributed by atoms with Gasteiger partial charge in [-0.15, -0.1) is 0 Å². The molecule has 0 radical (unpaired) electrons. The zero-order valence-electron chi connectivity index (χ0n) is 6.99. The summed E-state index contributed by atoms with van der Waals surface area (Å²) >= 11 is 0. The minimum atomic E-state index is -0.752. The SMILES string of the molecule is NC1=CC(N)(c2cccnc2)NN1. The largest absolute Gasteiger partial charge is 0.385 e. The van der Waals surface area contributed by atoms with Gasteiger partial charge in [0.1, 0.15) is 11.5 Å². The molecule has 1 aromatic rings. The normalized spacial score (nSPS) is 26.7. The molecule has 5 nitrogen and oxygen atoms in total. The molecule has 6 N–H and O–H groups in total. The van der Waals surface area contributed by atoms with Gasteiger partial charge in [-0.05, 0) is 12.1 Å². The molecular formula is C8H11N5. The fourth-order valence-electron chi connectivity index (χ4n) is 1.26. The molecule has 0 aliphatic carbocycles. The average molecular weight is 177 g/mol. The Morgan fingerprint density at radius 1 is 1.46 bits per heavy atom. The quantitative estimate of drug-likeness (QED) is 0.446. The van der Waals surface area contributed by atoms with Crippen LogP contribution in [0.25, 0.3) is 0 Å². The van der Waals surface area contributed by atoms with Gasteiger partial charge in [-0.3, -0.25) is 4.98 Å². The molecule has 0 bridgehead atoms. The molecule has 1 unspecified atom stereocenters. The highest BCUT2D eigenvalue weighted by Gasteiger charge is 2.29. The van der Waals surface area contributed by atoms with E-state index in [0.717, 1.165) is 5.56 Å². The zero-order chi connectivity index (χ0) is 9.31. The molecule has 1 atom stereocenters. The lowest BCUT2D eigenvalue weighted by molar-refractivity contribution is 0.426. The van der Waals surface area contributed by atoms with E-state index in [4.69, 9.17) is 11.5 Å². The molecule has 2 rings (SSSR count). The molecule has 0 aromatic carbocycles. The summed E-state index contributed by atoms with van der Waals surface area (Å²) in [6.45, 7) is 0. The first-order valence-electron chi connectivity index (χ1n) is 3.92. The summed E-state index contributed by atoms with van der Waals surface area (Å²) in [5.74, 6) is 0.520. The predicted molar refractivity (Wildman–Crippen MR) is 48.6 cm³/mol. The van der Waals surface area contributed by atoms with Crippen molar-refractivity contribution in [3.63, 3.8) is 0 Å². The van der Waals surface area contributed by atoms with Crippen molar-refractivity contribution in [3.8, 4) is 0 Å². The van der Waals surface area contributed by atoms with Gasteiger partial charge in [0.15, 0.2) is 0 Å². The molecule has 0 amide bonds. The van der Waals surface area contributed by atoms with Crippen LogP contribution in [0.5, 0.6) is 0 Å². The number of nitrogens with one attached hydrogen (secondary N) is 2. The zero-order valence-corrected chi connectivity index (χ0v) is 6.99. The van der Waals surface area contributed by atoms with Crippen molar-refractivity contribution >= 4 is 0 Å². The Labute approximate surface area is 75.8 Å². The monoisotopic (exact) mass is 177 g/mol. The van der Waals surface area contributed by atoms with E-state index in [1.54, 1.807) is 18.5 Å². The number of rotatable bonds is 1. The summed E-state index contributed by atoms with van der Waals surface area (Å²) in [5, 5.41) is 0. The number of hydrazine groups is 1. The van der Waals surface area contributed by atoms with Crippen molar-refractivity contribution in [3.05, 3.63) is 42.0 Å². The lowest BCUT2D eigenvalue weighted by Crippen LogP contribution is -2.49. The Morgan fingerprint density at radius 3 is 2.85 bits per heavy atom. The lowest BCUT2D eigenvalue weighted by Gasteiger charge is -2.21. The summed E-state index contributed by atoms with van der Waals surface area (Å²) in [5.41, 5.74) is 17.3. The smallest absolute Gasteiger partial charge is 0.134 e. The van der Waals surface area contributed by atoms with Crippen LogP contribution in [0.15, 0.2) is 36.4 Å². The van der Waals surface area contributed by atoms with E-state index in [2.05, 4.69) is 15.8 Å². The van der Waals surface area contributed by atoms with Crippen LogP contribution in [-0.2, 0) is 5.66 Å². The van der Waals surface area contributed by atoms with E-state index in [0.29, 0.717) is 5.82 Å². The van der Waals surface area contributed by atoms with Crippen molar-refractivity contribution in [1.29, 1.82) is 0 Å². The van der Waals surface area contributed by atoms with Crippen molar-refractivity contribution < 1.29 is 0 Å². The van der Waals surface area contributed by atoms with Gasteiger partial charge in [0.25, 0.3) is 0 Å². The molecule has 0 fully saturated rings. The second-order valence-corrected chi connectivity index (χ2v) is 2.96. The average Bonchev–Trinajstić information content (AvgIpc) is 2.49. The maximum absolute atomic E-state index is 6.00. The fourth-order valence-corrected chi connectivity index (χ4v) is 1.26. The highest BCUT2D eigenvalue weighted by Crippen LogP contribution is 2.18. The van der Waals surface area contributed by atoms with E-state index in [-0.39, 0.29) is 0 Å². The van der Waals surface area contributed by atoms with E-state index in [1.165, 1.54) is 0 Å². The third-order valence-electron chi connectivity index (χ3n) is 1.94. The first-order chi connectivity index (χ1) is 6.21. The van der Waals surface area contributed by atoms with Gasteiger partial charge in [0.05, 0.1) is 0 Å². The molecule has 1 aliphatic rings. The van der Waals surface area contributed by atoms with Gasteiger partial charge in [-0.2, -0.15) is 0 Å². The standard InChI is InChI=1S/C8H11N5/c9-7-4-8(10,13-12-7)6-2-1-3-11-5-6/h1-5,12-13H,9-10H2. The Kier molecular flexibility index (Phi) is 1.68. The fraction of sp³-hybridized carbons (Fsp3) is 0.125. The number of hydrogen-bond donors (Lipinski definition) is 4. The van der Waals surface area contributed by atoms with Gasteiger partial charge < -0.3 is 16.9 Å². The van der Waals surface area contributed by atoms with Gasteiger partial charge in [-0.25, -0.2) is 5.43 Å². The highest BCUT2D eigenvalue weighted by molar-refractivity contribution is 5.29. The maximum atomic E-state index is 6.00. The van der Waals surface area contributed by atoms with E-state index < -0.39 is 5.66 Å². The molecular weight excluding hydrogens is 166 g/mol. The first-order valence-corrected chi connectivity index (χ1v) is 3.92. The molecule has 68 valence electrons. The molecule has 1 aliphatic heterocycles. The Bertz CT molecular complexity index is 334. The van der Waals surface area contributed by atoms with Crippen molar-refractivity contribution in [2.24, 2.45) is 11.5 Å².